The van der Waals surface area contributed by atoms with Gasteiger partial charge in [-0.1, -0.05) is 11.6 Å². The Morgan fingerprint density at radius 3 is 2.28 bits per heavy atom. The monoisotopic (exact) mass is 390 g/mol. The smallest absolute Gasteiger partial charge is 0.340 e. The van der Waals surface area contributed by atoms with E-state index in [4.69, 9.17) is 16.3 Å². The molecule has 140 valence electrons. The molecule has 0 bridgehead atoms. The molecule has 1 amide bonds. The van der Waals surface area contributed by atoms with Crippen molar-refractivity contribution < 1.29 is 22.7 Å². The first-order valence-corrected chi connectivity index (χ1v) is 9.32. The third-order valence-corrected chi connectivity index (χ3v) is 5.23. The van der Waals surface area contributed by atoms with Crippen molar-refractivity contribution in [3.05, 3.63) is 28.8 Å². The van der Waals surface area contributed by atoms with Crippen molar-refractivity contribution in [2.24, 2.45) is 0 Å². The number of sulfonamides is 1. The molecule has 1 aromatic rings. The van der Waals surface area contributed by atoms with Gasteiger partial charge in [0.2, 0.25) is 10.0 Å². The number of ether oxygens (including phenoxy) is 1. The maximum Gasteiger partial charge on any atom is 0.340 e. The van der Waals surface area contributed by atoms with E-state index in [0.29, 0.717) is 0 Å². The molecule has 1 aromatic carbocycles. The van der Waals surface area contributed by atoms with Crippen LogP contribution in [-0.2, 0) is 19.6 Å². The van der Waals surface area contributed by atoms with Crippen molar-refractivity contribution in [1.29, 1.82) is 0 Å². The molecule has 0 aliphatic carbocycles. The van der Waals surface area contributed by atoms with E-state index in [-0.39, 0.29) is 15.5 Å². The summed E-state index contributed by atoms with van der Waals surface area (Å²) in [7, 11) is -0.979. The van der Waals surface area contributed by atoms with Gasteiger partial charge in [0.05, 0.1) is 15.5 Å². The third-order valence-electron chi connectivity index (χ3n) is 3.09. The van der Waals surface area contributed by atoms with Crippen LogP contribution in [0.5, 0.6) is 0 Å². The Hall–Kier alpha value is -1.64. The van der Waals surface area contributed by atoms with Crippen LogP contribution in [0, 0.1) is 0 Å². The molecule has 9 heteroatoms. The fourth-order valence-electron chi connectivity index (χ4n) is 1.78. The van der Waals surface area contributed by atoms with E-state index in [1.165, 1.54) is 33.2 Å². The molecule has 0 heterocycles. The normalized spacial score (nSPS) is 13.4. The van der Waals surface area contributed by atoms with Gasteiger partial charge in [-0.25, -0.2) is 17.5 Å². The van der Waals surface area contributed by atoms with Crippen molar-refractivity contribution in [2.75, 3.05) is 14.1 Å². The molecule has 0 fully saturated rings. The first-order chi connectivity index (χ1) is 11.3. The summed E-state index contributed by atoms with van der Waals surface area (Å²) in [6, 6.07) is 3.73. The number of hydrogen-bond donors (Lipinski definition) is 1. The summed E-state index contributed by atoms with van der Waals surface area (Å²) >= 11 is 5.98. The van der Waals surface area contributed by atoms with Gasteiger partial charge >= 0.3 is 5.97 Å². The number of hydrogen-bond acceptors (Lipinski definition) is 5. The van der Waals surface area contributed by atoms with Gasteiger partial charge in [0, 0.05) is 19.6 Å². The SMILES string of the molecule is CC(OC(=O)c1cc(S(=O)(=O)N(C)C)ccc1Cl)C(=O)NC(C)(C)C. The number of amides is 1. The lowest BCUT2D eigenvalue weighted by Crippen LogP contribution is -2.46. The minimum Gasteiger partial charge on any atom is -0.449 e. The second-order valence-corrected chi connectivity index (χ2v) is 9.27. The van der Waals surface area contributed by atoms with E-state index in [9.17, 15) is 18.0 Å². The van der Waals surface area contributed by atoms with E-state index in [2.05, 4.69) is 5.32 Å². The van der Waals surface area contributed by atoms with Gasteiger partial charge in [0.25, 0.3) is 5.91 Å². The molecule has 1 rings (SSSR count). The van der Waals surface area contributed by atoms with Crippen LogP contribution in [0.15, 0.2) is 23.1 Å². The maximum atomic E-state index is 12.3. The number of esters is 1. The van der Waals surface area contributed by atoms with Crippen LogP contribution in [0.1, 0.15) is 38.1 Å². The molecule has 0 aliphatic heterocycles. The number of carbonyl (C=O) groups excluding carboxylic acids is 2. The zero-order valence-electron chi connectivity index (χ0n) is 15.1. The first kappa shape index (κ1) is 21.4. The van der Waals surface area contributed by atoms with Crippen molar-refractivity contribution in [1.82, 2.24) is 9.62 Å². The van der Waals surface area contributed by atoms with E-state index in [1.807, 2.05) is 0 Å². The molecule has 0 aliphatic rings. The minimum absolute atomic E-state index is 0.0335. The Morgan fingerprint density at radius 2 is 1.80 bits per heavy atom. The van der Waals surface area contributed by atoms with Crippen LogP contribution >= 0.6 is 11.6 Å². The largest absolute Gasteiger partial charge is 0.449 e. The molecule has 25 heavy (non-hydrogen) atoms. The number of rotatable bonds is 5. The molecule has 1 N–H and O–H groups in total. The third kappa shape index (κ3) is 5.69. The first-order valence-electron chi connectivity index (χ1n) is 7.51. The summed E-state index contributed by atoms with van der Waals surface area (Å²) in [5, 5.41) is 2.72. The van der Waals surface area contributed by atoms with Crippen molar-refractivity contribution in [2.45, 2.75) is 44.2 Å². The highest BCUT2D eigenvalue weighted by molar-refractivity contribution is 7.89. The minimum atomic E-state index is -3.73. The van der Waals surface area contributed by atoms with Gasteiger partial charge in [-0.15, -0.1) is 0 Å². The van der Waals surface area contributed by atoms with Gasteiger partial charge in [-0.2, -0.15) is 0 Å². The molecule has 0 aromatic heterocycles. The van der Waals surface area contributed by atoms with E-state index < -0.39 is 33.5 Å². The van der Waals surface area contributed by atoms with Crippen LogP contribution in [-0.4, -0.2) is 50.3 Å². The van der Waals surface area contributed by atoms with Crippen LogP contribution in [0.25, 0.3) is 0 Å². The summed E-state index contributed by atoms with van der Waals surface area (Å²) in [5.74, 6) is -1.34. The van der Waals surface area contributed by atoms with Gasteiger partial charge in [0.15, 0.2) is 6.10 Å². The molecule has 1 unspecified atom stereocenters. The fourth-order valence-corrected chi connectivity index (χ4v) is 2.90. The Labute approximate surface area is 153 Å². The van der Waals surface area contributed by atoms with Crippen molar-refractivity contribution in [3.63, 3.8) is 0 Å². The van der Waals surface area contributed by atoms with Crippen LogP contribution < -0.4 is 5.32 Å². The Kier molecular flexibility index (Phi) is 6.61. The van der Waals surface area contributed by atoms with Gasteiger partial charge < -0.3 is 10.1 Å². The molecular formula is C16H23ClN2O5S. The van der Waals surface area contributed by atoms with E-state index in [0.717, 1.165) is 10.4 Å². The number of nitrogens with one attached hydrogen (secondary N) is 1. The number of nitrogens with zero attached hydrogens (tertiary/aromatic N) is 1. The average Bonchev–Trinajstić information content (AvgIpc) is 2.45. The topological polar surface area (TPSA) is 92.8 Å². The van der Waals surface area contributed by atoms with E-state index >= 15 is 0 Å². The second-order valence-electron chi connectivity index (χ2n) is 6.72. The molecule has 0 radical (unpaired) electrons. The Morgan fingerprint density at radius 1 is 1.24 bits per heavy atom. The highest BCUT2D eigenvalue weighted by atomic mass is 35.5. The number of benzene rings is 1. The lowest BCUT2D eigenvalue weighted by Gasteiger charge is -2.23. The Bertz CT molecular complexity index is 769. The standard InChI is InChI=1S/C16H23ClN2O5S/c1-10(14(20)18-16(2,3)4)24-15(21)12-9-11(7-8-13(12)17)25(22,23)19(5)6/h7-10H,1-6H3,(H,18,20). The zero-order chi connectivity index (χ0) is 19.6. The second kappa shape index (κ2) is 7.72. The van der Waals surface area contributed by atoms with Crippen LogP contribution in [0.2, 0.25) is 5.02 Å². The summed E-state index contributed by atoms with van der Waals surface area (Å²) in [5.41, 5.74) is -0.602. The van der Waals surface area contributed by atoms with Gasteiger partial charge in [-0.05, 0) is 45.9 Å². The van der Waals surface area contributed by atoms with E-state index in [1.54, 1.807) is 20.8 Å². The molecule has 0 saturated carbocycles. The van der Waals surface area contributed by atoms with Gasteiger partial charge in [-0.3, -0.25) is 4.79 Å². The fraction of sp³-hybridized carbons (Fsp3) is 0.500. The summed E-state index contributed by atoms with van der Waals surface area (Å²) in [6.45, 7) is 6.82. The zero-order valence-corrected chi connectivity index (χ0v) is 16.7. The molecule has 7 nitrogen and oxygen atoms in total. The number of carbonyl (C=O) groups is 2. The van der Waals surface area contributed by atoms with Gasteiger partial charge in [0.1, 0.15) is 0 Å². The molecule has 0 saturated heterocycles. The lowest BCUT2D eigenvalue weighted by atomic mass is 10.1. The van der Waals surface area contributed by atoms with Crippen LogP contribution in [0.3, 0.4) is 0 Å². The highest BCUT2D eigenvalue weighted by Gasteiger charge is 2.25. The lowest BCUT2D eigenvalue weighted by molar-refractivity contribution is -0.130. The summed E-state index contributed by atoms with van der Waals surface area (Å²) in [6.07, 6.45) is -1.06. The van der Waals surface area contributed by atoms with Crippen LogP contribution in [0.4, 0.5) is 0 Å². The van der Waals surface area contributed by atoms with Crippen molar-refractivity contribution >= 4 is 33.5 Å². The van der Waals surface area contributed by atoms with Crippen molar-refractivity contribution in [3.8, 4) is 0 Å². The highest BCUT2D eigenvalue weighted by Crippen LogP contribution is 2.23. The summed E-state index contributed by atoms with van der Waals surface area (Å²) in [4.78, 5) is 24.2. The average molecular weight is 391 g/mol. The maximum absolute atomic E-state index is 12.3. The number of halogens is 1. The molecular weight excluding hydrogens is 368 g/mol. The Balaban J connectivity index is 3.05. The molecule has 1 atom stereocenters. The summed E-state index contributed by atoms with van der Waals surface area (Å²) < 4.78 is 30.5. The molecule has 0 spiro atoms. The predicted octanol–water partition coefficient (Wildman–Crippen LogP) is 2.05. The quantitative estimate of drug-likeness (QED) is 0.776. The predicted molar refractivity (Wildman–Crippen MR) is 95.1 cm³/mol.